The number of carboxylic acids is 4. The van der Waals surface area contributed by atoms with Gasteiger partial charge in [0.15, 0.2) is 26.4 Å². The molecular weight excluding hydrogens is 817 g/mol. The van der Waals surface area contributed by atoms with E-state index in [0.29, 0.717) is 67.5 Å². The molecule has 0 saturated carbocycles. The number of carboxylic acid groups (broad SMARTS) is 4. The molecule has 0 aliphatic heterocycles. The van der Waals surface area contributed by atoms with Crippen molar-refractivity contribution in [1.82, 2.24) is 0 Å². The predicted octanol–water partition coefficient (Wildman–Crippen LogP) is 9.41. The molecule has 12 heteroatoms. The summed E-state index contributed by atoms with van der Waals surface area (Å²) in [5, 5.41) is 39.9. The zero-order chi connectivity index (χ0) is 47.7. The van der Waals surface area contributed by atoms with Crippen LogP contribution in [0.4, 0.5) is 0 Å². The van der Waals surface area contributed by atoms with E-state index in [0.717, 1.165) is 22.3 Å². The fraction of sp³-hybridized carbons (Fsp3) is 0.462. The minimum atomic E-state index is -1.18. The van der Waals surface area contributed by atoms with Crippen molar-refractivity contribution in [2.75, 3.05) is 26.4 Å². The van der Waals surface area contributed by atoms with Gasteiger partial charge in [0.25, 0.3) is 0 Å². The van der Waals surface area contributed by atoms with Crippen LogP contribution in [0.3, 0.4) is 0 Å². The highest BCUT2D eigenvalue weighted by Gasteiger charge is 2.30. The molecule has 5 rings (SSSR count). The van der Waals surface area contributed by atoms with Crippen LogP contribution in [0.1, 0.15) is 150 Å². The van der Waals surface area contributed by atoms with Crippen LogP contribution in [0.15, 0.2) is 48.5 Å². The molecule has 0 amide bonds. The average molecular weight is 881 g/mol. The largest absolute Gasteiger partial charge is 0.481 e. The summed E-state index contributed by atoms with van der Waals surface area (Å²) in [6.07, 6.45) is 0.568. The second kappa shape index (κ2) is 18.6. The summed E-state index contributed by atoms with van der Waals surface area (Å²) in [6, 6.07) is 15.9. The molecule has 4 N–H and O–H groups in total. The maximum Gasteiger partial charge on any atom is 0.341 e. The van der Waals surface area contributed by atoms with E-state index in [2.05, 4.69) is 83.1 Å². The van der Waals surface area contributed by atoms with Gasteiger partial charge in [-0.2, -0.15) is 0 Å². The maximum atomic E-state index is 12.2. The first-order valence-electron chi connectivity index (χ1n) is 21.5. The summed E-state index contributed by atoms with van der Waals surface area (Å²) in [5.74, 6) is -3.42. The van der Waals surface area contributed by atoms with Gasteiger partial charge in [0, 0.05) is 25.7 Å². The highest BCUT2D eigenvalue weighted by Crippen LogP contribution is 2.44. The number of fused-ring (bicyclic) bond motifs is 8. The van der Waals surface area contributed by atoms with E-state index in [1.54, 1.807) is 0 Å². The zero-order valence-corrected chi connectivity index (χ0v) is 39.3. The van der Waals surface area contributed by atoms with Crippen molar-refractivity contribution in [3.8, 4) is 23.0 Å². The lowest BCUT2D eigenvalue weighted by atomic mass is 9.79. The highest BCUT2D eigenvalue weighted by molar-refractivity contribution is 5.71. The molecule has 0 aromatic heterocycles. The van der Waals surface area contributed by atoms with E-state index in [4.69, 9.17) is 18.9 Å². The van der Waals surface area contributed by atoms with Crippen molar-refractivity contribution in [3.63, 3.8) is 0 Å². The number of ether oxygens (including phenoxy) is 4. The predicted molar refractivity (Wildman–Crippen MR) is 244 cm³/mol. The molecule has 4 aromatic carbocycles. The minimum Gasteiger partial charge on any atom is -0.481 e. The van der Waals surface area contributed by atoms with Crippen LogP contribution >= 0.6 is 0 Å². The monoisotopic (exact) mass is 880 g/mol. The Labute approximate surface area is 376 Å². The van der Waals surface area contributed by atoms with Gasteiger partial charge in [-0.15, -0.1) is 0 Å². The number of rotatable bonds is 12. The van der Waals surface area contributed by atoms with Crippen LogP contribution in [-0.4, -0.2) is 70.7 Å². The molecule has 0 radical (unpaired) electrons. The third-order valence-electron chi connectivity index (χ3n) is 11.3. The smallest absolute Gasteiger partial charge is 0.341 e. The highest BCUT2D eigenvalue weighted by atomic mass is 16.5. The Morgan fingerprint density at radius 2 is 0.484 bits per heavy atom. The molecule has 0 fully saturated rings. The molecule has 12 nitrogen and oxygen atoms in total. The Morgan fingerprint density at radius 3 is 0.594 bits per heavy atom. The normalized spacial score (nSPS) is 13.2. The van der Waals surface area contributed by atoms with Gasteiger partial charge < -0.3 is 39.4 Å². The van der Waals surface area contributed by atoms with Gasteiger partial charge in [-0.3, -0.25) is 0 Å². The SMILES string of the molecule is CC(C)(C)c1cc2c(OCC(=O)O)c(c1)Cc1cc(C(C)(C)C)cc(c1OCC(=O)O)Cc1cc(C(C)(C)C)cc(c1OCC(=O)O)Cc1cc(C(C)(C)C)cc(c1OCC(=O)O)C2. The topological polar surface area (TPSA) is 186 Å². The second-order valence-corrected chi connectivity index (χ2v) is 20.9. The third-order valence-corrected chi connectivity index (χ3v) is 11.3. The van der Waals surface area contributed by atoms with Crippen LogP contribution < -0.4 is 18.9 Å². The zero-order valence-electron chi connectivity index (χ0n) is 39.3. The van der Waals surface area contributed by atoms with Crippen molar-refractivity contribution in [3.05, 3.63) is 115 Å². The summed E-state index contributed by atoms with van der Waals surface area (Å²) in [6.45, 7) is 22.3. The van der Waals surface area contributed by atoms with E-state index in [9.17, 15) is 39.6 Å². The van der Waals surface area contributed by atoms with Crippen LogP contribution in [0.5, 0.6) is 23.0 Å². The fourth-order valence-corrected chi connectivity index (χ4v) is 7.90. The van der Waals surface area contributed by atoms with Crippen molar-refractivity contribution >= 4 is 23.9 Å². The standard InChI is InChI=1S/C52H64O12/c1-49(2,3)37-17-29-13-31-19-38(50(4,5)6)21-33(46(31)62-26-42(55)56)15-35-23-40(52(10,11)12)24-36(48(35)64-28-44(59)60)16-34-22-39(51(7,8)9)20-32(47(34)63-27-43(57)58)14-30(18-37)45(29)61-25-41(53)54/h17-24H,13-16,25-28H2,1-12H3,(H,53,54)(H,55,56)(H,57,58)(H,59,60). The van der Waals surface area contributed by atoms with Gasteiger partial charge >= 0.3 is 23.9 Å². The van der Waals surface area contributed by atoms with Crippen molar-refractivity contribution in [1.29, 1.82) is 0 Å². The van der Waals surface area contributed by atoms with Gasteiger partial charge in [-0.1, -0.05) is 132 Å². The molecule has 1 aliphatic carbocycles. The Kier molecular flexibility index (Phi) is 14.2. The molecular formula is C52H64O12. The van der Waals surface area contributed by atoms with Crippen molar-refractivity contribution in [2.24, 2.45) is 0 Å². The van der Waals surface area contributed by atoms with E-state index in [1.165, 1.54) is 0 Å². The molecule has 0 heterocycles. The van der Waals surface area contributed by atoms with Gasteiger partial charge in [0.1, 0.15) is 23.0 Å². The number of carbonyl (C=O) groups is 4. The lowest BCUT2D eigenvalue weighted by Crippen LogP contribution is -2.20. The van der Waals surface area contributed by atoms with Gasteiger partial charge in [0.2, 0.25) is 0 Å². The summed E-state index contributed by atoms with van der Waals surface area (Å²) in [4.78, 5) is 48.9. The number of benzene rings is 4. The molecule has 344 valence electrons. The lowest BCUT2D eigenvalue weighted by Gasteiger charge is -2.29. The Balaban J connectivity index is 2.05. The molecule has 4 aromatic rings. The van der Waals surface area contributed by atoms with E-state index >= 15 is 0 Å². The molecule has 0 atom stereocenters. The Bertz CT molecular complexity index is 2010. The van der Waals surface area contributed by atoms with Crippen LogP contribution in [0, 0.1) is 0 Å². The van der Waals surface area contributed by atoms with Crippen molar-refractivity contribution in [2.45, 2.75) is 130 Å². The molecule has 8 bridgehead atoms. The first-order chi connectivity index (χ1) is 29.5. The second-order valence-electron chi connectivity index (χ2n) is 20.9. The fourth-order valence-electron chi connectivity index (χ4n) is 7.90. The minimum absolute atomic E-state index is 0.142. The van der Waals surface area contributed by atoms with E-state index in [1.807, 2.05) is 48.5 Å². The summed E-state index contributed by atoms with van der Waals surface area (Å²) in [7, 11) is 0. The van der Waals surface area contributed by atoms with Crippen LogP contribution in [-0.2, 0) is 66.5 Å². The summed E-state index contributed by atoms with van der Waals surface area (Å²) >= 11 is 0. The average Bonchev–Trinajstić information content (AvgIpc) is 3.13. The first-order valence-corrected chi connectivity index (χ1v) is 21.5. The van der Waals surface area contributed by atoms with Crippen LogP contribution in [0.2, 0.25) is 0 Å². The Morgan fingerprint density at radius 1 is 0.344 bits per heavy atom. The van der Waals surface area contributed by atoms with Gasteiger partial charge in [-0.25, -0.2) is 19.2 Å². The number of aliphatic carboxylic acids is 4. The summed E-state index contributed by atoms with van der Waals surface area (Å²) in [5.41, 5.74) is 7.15. The number of hydrogen-bond acceptors (Lipinski definition) is 8. The molecule has 0 unspecified atom stereocenters. The molecule has 64 heavy (non-hydrogen) atoms. The third kappa shape index (κ3) is 12.1. The first kappa shape index (κ1) is 49.0. The lowest BCUT2D eigenvalue weighted by molar-refractivity contribution is -0.140. The molecule has 0 spiro atoms. The van der Waals surface area contributed by atoms with Gasteiger partial charge in [-0.05, 0) is 88.4 Å². The van der Waals surface area contributed by atoms with Crippen LogP contribution in [0.25, 0.3) is 0 Å². The number of hydrogen-bond donors (Lipinski definition) is 4. The summed E-state index contributed by atoms with van der Waals surface area (Å²) < 4.78 is 25.1. The van der Waals surface area contributed by atoms with E-state index < -0.39 is 72.0 Å². The molecule has 0 saturated heterocycles. The quantitative estimate of drug-likeness (QED) is 0.0932. The van der Waals surface area contributed by atoms with Gasteiger partial charge in [0.05, 0.1) is 0 Å². The maximum absolute atomic E-state index is 12.2. The van der Waals surface area contributed by atoms with E-state index in [-0.39, 0.29) is 25.7 Å². The molecule has 1 aliphatic rings. The van der Waals surface area contributed by atoms with Crippen molar-refractivity contribution < 1.29 is 58.6 Å². The Hall–Kier alpha value is -6.04.